The Morgan fingerprint density at radius 1 is 0.618 bits per heavy atom. The summed E-state index contributed by atoms with van der Waals surface area (Å²) in [7, 11) is 0. The lowest BCUT2D eigenvalue weighted by Gasteiger charge is -2.29. The summed E-state index contributed by atoms with van der Waals surface area (Å²) in [6.07, 6.45) is 12.9. The van der Waals surface area contributed by atoms with Crippen molar-refractivity contribution >= 4 is 0 Å². The molecular weight excluding hydrogens is 415 g/mol. The zero-order valence-electron chi connectivity index (χ0n) is 20.9. The van der Waals surface area contributed by atoms with E-state index in [2.05, 4.69) is 79.7 Å². The van der Waals surface area contributed by atoms with Gasteiger partial charge in [0.15, 0.2) is 0 Å². The molecule has 1 heteroatoms. The van der Waals surface area contributed by atoms with E-state index in [0.717, 1.165) is 43.9 Å². The SMILES string of the molecule is CCc1ccc(-c2ccc(CCc3ccc([C@H]4CC[C@H](CCCCCF)CC4)cc3)cc2)cc1. The van der Waals surface area contributed by atoms with Gasteiger partial charge < -0.3 is 0 Å². The predicted molar refractivity (Wildman–Crippen MR) is 144 cm³/mol. The second-order valence-electron chi connectivity index (χ2n) is 10.2. The molecule has 0 spiro atoms. The molecule has 1 fully saturated rings. The minimum Gasteiger partial charge on any atom is -0.251 e. The molecule has 0 N–H and O–H groups in total. The summed E-state index contributed by atoms with van der Waals surface area (Å²) in [4.78, 5) is 0. The quantitative estimate of drug-likeness (QED) is 0.252. The van der Waals surface area contributed by atoms with Crippen molar-refractivity contribution in [3.8, 4) is 11.1 Å². The van der Waals surface area contributed by atoms with Crippen LogP contribution in [0, 0.1) is 5.92 Å². The monoisotopic (exact) mass is 456 g/mol. The van der Waals surface area contributed by atoms with Gasteiger partial charge in [0.1, 0.15) is 0 Å². The van der Waals surface area contributed by atoms with E-state index in [1.165, 1.54) is 71.9 Å². The number of hydrogen-bond donors (Lipinski definition) is 0. The number of alkyl halides is 1. The molecular formula is C33H41F. The van der Waals surface area contributed by atoms with Crippen molar-refractivity contribution < 1.29 is 4.39 Å². The average molecular weight is 457 g/mol. The van der Waals surface area contributed by atoms with Crippen LogP contribution in [0.5, 0.6) is 0 Å². The maximum atomic E-state index is 12.3. The molecule has 3 aromatic carbocycles. The molecule has 34 heavy (non-hydrogen) atoms. The normalized spacial score (nSPS) is 18.2. The minimum absolute atomic E-state index is 0.150. The zero-order valence-corrected chi connectivity index (χ0v) is 20.9. The second kappa shape index (κ2) is 12.9. The number of rotatable bonds is 11. The highest BCUT2D eigenvalue weighted by atomic mass is 19.1. The van der Waals surface area contributed by atoms with Gasteiger partial charge in [0, 0.05) is 0 Å². The first-order chi connectivity index (χ1) is 16.7. The van der Waals surface area contributed by atoms with Crippen LogP contribution in [0.2, 0.25) is 0 Å². The van der Waals surface area contributed by atoms with E-state index < -0.39 is 0 Å². The molecule has 1 aliphatic carbocycles. The van der Waals surface area contributed by atoms with Gasteiger partial charge in [-0.2, -0.15) is 0 Å². The molecule has 3 aromatic rings. The zero-order chi connectivity index (χ0) is 23.6. The minimum atomic E-state index is -0.150. The van der Waals surface area contributed by atoms with Gasteiger partial charge >= 0.3 is 0 Å². The fraction of sp³-hybridized carbons (Fsp3) is 0.455. The van der Waals surface area contributed by atoms with Crippen LogP contribution >= 0.6 is 0 Å². The molecule has 0 bridgehead atoms. The molecule has 0 aromatic heterocycles. The number of aryl methyl sites for hydroxylation is 3. The van der Waals surface area contributed by atoms with Crippen LogP contribution < -0.4 is 0 Å². The summed E-state index contributed by atoms with van der Waals surface area (Å²) in [6, 6.07) is 27.5. The van der Waals surface area contributed by atoms with E-state index in [0.29, 0.717) is 0 Å². The molecule has 0 heterocycles. The molecule has 4 rings (SSSR count). The lowest BCUT2D eigenvalue weighted by molar-refractivity contribution is 0.300. The standard InChI is InChI=1S/C33H41F/c1-2-26-9-17-30(18-10-26)32-21-13-28(14-22-32)7-8-29-15-23-33(24-16-29)31-19-11-27(12-20-31)6-4-3-5-25-34/h9-10,13-18,21-24,27,31H,2-8,11-12,19-20,25H2,1H3/t27-,31-. The van der Waals surface area contributed by atoms with Gasteiger partial charge in [-0.25, -0.2) is 0 Å². The van der Waals surface area contributed by atoms with Crippen LogP contribution in [0.1, 0.15) is 86.5 Å². The van der Waals surface area contributed by atoms with Gasteiger partial charge in [0.2, 0.25) is 0 Å². The maximum Gasteiger partial charge on any atom is 0.0894 e. The maximum absolute atomic E-state index is 12.3. The summed E-state index contributed by atoms with van der Waals surface area (Å²) in [5, 5.41) is 0. The van der Waals surface area contributed by atoms with Crippen molar-refractivity contribution in [3.63, 3.8) is 0 Å². The molecule has 180 valence electrons. The van der Waals surface area contributed by atoms with Gasteiger partial charge in [-0.15, -0.1) is 0 Å². The Bertz CT molecular complexity index is 961. The number of benzene rings is 3. The van der Waals surface area contributed by atoms with E-state index in [1.54, 1.807) is 0 Å². The van der Waals surface area contributed by atoms with Gasteiger partial charge in [-0.3, -0.25) is 4.39 Å². The number of unbranched alkanes of at least 4 members (excludes halogenated alkanes) is 2. The van der Waals surface area contributed by atoms with Crippen LogP contribution in [0.3, 0.4) is 0 Å². The molecule has 1 saturated carbocycles. The van der Waals surface area contributed by atoms with Crippen LogP contribution in [-0.4, -0.2) is 6.67 Å². The largest absolute Gasteiger partial charge is 0.251 e. The molecule has 0 unspecified atom stereocenters. The molecule has 0 nitrogen and oxygen atoms in total. The van der Waals surface area contributed by atoms with Crippen molar-refractivity contribution in [2.45, 2.75) is 83.5 Å². The molecule has 0 saturated heterocycles. The third-order valence-corrected chi connectivity index (χ3v) is 7.90. The van der Waals surface area contributed by atoms with Crippen molar-refractivity contribution in [1.82, 2.24) is 0 Å². The topological polar surface area (TPSA) is 0 Å². The van der Waals surface area contributed by atoms with Crippen molar-refractivity contribution in [1.29, 1.82) is 0 Å². The first-order valence-corrected chi connectivity index (χ1v) is 13.6. The lowest BCUT2D eigenvalue weighted by Crippen LogP contribution is -2.13. The van der Waals surface area contributed by atoms with E-state index in [9.17, 15) is 4.39 Å². The Kier molecular flexibility index (Phi) is 9.36. The summed E-state index contributed by atoms with van der Waals surface area (Å²) in [6.45, 7) is 2.05. The van der Waals surface area contributed by atoms with Crippen LogP contribution in [0.15, 0.2) is 72.8 Å². The van der Waals surface area contributed by atoms with E-state index in [4.69, 9.17) is 0 Å². The summed E-state index contributed by atoms with van der Waals surface area (Å²) >= 11 is 0. The number of halogens is 1. The molecule has 0 atom stereocenters. The van der Waals surface area contributed by atoms with Crippen molar-refractivity contribution in [3.05, 3.63) is 95.1 Å². The first kappa shape index (κ1) is 24.7. The van der Waals surface area contributed by atoms with Crippen LogP contribution in [0.25, 0.3) is 11.1 Å². The smallest absolute Gasteiger partial charge is 0.0894 e. The Morgan fingerprint density at radius 3 is 1.68 bits per heavy atom. The lowest BCUT2D eigenvalue weighted by atomic mass is 9.77. The highest BCUT2D eigenvalue weighted by Crippen LogP contribution is 2.37. The third-order valence-electron chi connectivity index (χ3n) is 7.90. The number of hydrogen-bond acceptors (Lipinski definition) is 0. The fourth-order valence-electron chi connectivity index (χ4n) is 5.53. The predicted octanol–water partition coefficient (Wildman–Crippen LogP) is 9.50. The van der Waals surface area contributed by atoms with Gasteiger partial charge in [-0.05, 0) is 96.6 Å². The van der Waals surface area contributed by atoms with Crippen LogP contribution in [-0.2, 0) is 19.3 Å². The second-order valence-corrected chi connectivity index (χ2v) is 10.2. The Balaban J connectivity index is 1.22. The summed E-state index contributed by atoms with van der Waals surface area (Å²) in [5.41, 5.74) is 8.35. The highest BCUT2D eigenvalue weighted by Gasteiger charge is 2.22. The molecule has 0 aliphatic heterocycles. The summed E-state index contributed by atoms with van der Waals surface area (Å²) in [5.74, 6) is 1.60. The summed E-state index contributed by atoms with van der Waals surface area (Å²) < 4.78 is 12.3. The third kappa shape index (κ3) is 7.05. The van der Waals surface area contributed by atoms with Crippen molar-refractivity contribution in [2.24, 2.45) is 5.92 Å². The first-order valence-electron chi connectivity index (χ1n) is 13.6. The Morgan fingerprint density at radius 2 is 1.15 bits per heavy atom. The van der Waals surface area contributed by atoms with Gasteiger partial charge in [0.25, 0.3) is 0 Å². The Labute approximate surface area is 206 Å². The molecule has 0 amide bonds. The average Bonchev–Trinajstić information content (AvgIpc) is 2.91. The van der Waals surface area contributed by atoms with E-state index in [-0.39, 0.29) is 6.67 Å². The van der Waals surface area contributed by atoms with Gasteiger partial charge in [-0.1, -0.05) is 99.0 Å². The van der Waals surface area contributed by atoms with Crippen molar-refractivity contribution in [2.75, 3.05) is 6.67 Å². The molecule has 0 radical (unpaired) electrons. The Hall–Kier alpha value is -2.41. The van der Waals surface area contributed by atoms with Gasteiger partial charge in [0.05, 0.1) is 6.67 Å². The van der Waals surface area contributed by atoms with Crippen LogP contribution in [0.4, 0.5) is 4.39 Å². The molecule has 1 aliphatic rings. The van der Waals surface area contributed by atoms with E-state index >= 15 is 0 Å². The van der Waals surface area contributed by atoms with E-state index in [1.807, 2.05) is 0 Å². The highest BCUT2D eigenvalue weighted by molar-refractivity contribution is 5.64. The fourth-order valence-corrected chi connectivity index (χ4v) is 5.53.